The number of hydrogen-bond acceptors (Lipinski definition) is 5. The molecule has 2 fully saturated rings. The molecule has 32 heavy (non-hydrogen) atoms. The molecule has 1 aliphatic carbocycles. The lowest BCUT2D eigenvalue weighted by atomic mass is 9.91. The zero-order valence-corrected chi connectivity index (χ0v) is 19.6. The van der Waals surface area contributed by atoms with Gasteiger partial charge in [-0.2, -0.15) is 0 Å². The Labute approximate surface area is 190 Å². The summed E-state index contributed by atoms with van der Waals surface area (Å²) < 4.78 is 17.3. The lowest BCUT2D eigenvalue weighted by Crippen LogP contribution is -2.58. The maximum atomic E-state index is 13.7. The molecule has 3 aliphatic rings. The van der Waals surface area contributed by atoms with E-state index in [0.717, 1.165) is 42.7 Å². The van der Waals surface area contributed by atoms with Gasteiger partial charge in [-0.05, 0) is 58.2 Å². The maximum absolute atomic E-state index is 13.7. The number of urea groups is 1. The zero-order valence-electron chi connectivity index (χ0n) is 19.6. The molecule has 2 aliphatic heterocycles. The number of benzene rings is 1. The third kappa shape index (κ3) is 4.89. The first-order valence-corrected chi connectivity index (χ1v) is 11.6. The highest BCUT2D eigenvalue weighted by atomic mass is 16.6. The Morgan fingerprint density at radius 2 is 1.72 bits per heavy atom. The van der Waals surface area contributed by atoms with Crippen molar-refractivity contribution in [2.75, 3.05) is 33.3 Å². The maximum Gasteiger partial charge on any atom is 0.410 e. The van der Waals surface area contributed by atoms with Crippen LogP contribution in [-0.4, -0.2) is 77.9 Å². The topological polar surface area (TPSA) is 71.6 Å². The van der Waals surface area contributed by atoms with Crippen LogP contribution in [0.3, 0.4) is 0 Å². The lowest BCUT2D eigenvalue weighted by Gasteiger charge is -2.42. The fourth-order valence-corrected chi connectivity index (χ4v) is 4.75. The highest BCUT2D eigenvalue weighted by molar-refractivity contribution is 5.76. The van der Waals surface area contributed by atoms with Crippen LogP contribution >= 0.6 is 0 Å². The van der Waals surface area contributed by atoms with Crippen LogP contribution in [-0.2, 0) is 11.3 Å². The molecular weight excluding hydrogens is 410 g/mol. The van der Waals surface area contributed by atoms with Crippen molar-refractivity contribution in [1.82, 2.24) is 14.7 Å². The van der Waals surface area contributed by atoms with Crippen LogP contribution in [0.2, 0.25) is 0 Å². The molecular formula is C24H35N3O5. The first-order chi connectivity index (χ1) is 15.2. The minimum Gasteiger partial charge on any atom is -0.497 e. The molecule has 0 spiro atoms. The molecule has 0 radical (unpaired) electrons. The lowest BCUT2D eigenvalue weighted by molar-refractivity contribution is 0.0122. The van der Waals surface area contributed by atoms with Gasteiger partial charge in [-0.3, -0.25) is 0 Å². The van der Waals surface area contributed by atoms with E-state index in [9.17, 15) is 9.59 Å². The molecule has 176 valence electrons. The third-order valence-electron chi connectivity index (χ3n) is 6.40. The Morgan fingerprint density at radius 3 is 2.41 bits per heavy atom. The molecule has 1 saturated carbocycles. The second-order valence-corrected chi connectivity index (χ2v) is 9.85. The Morgan fingerprint density at radius 1 is 1.03 bits per heavy atom. The smallest absolute Gasteiger partial charge is 0.410 e. The van der Waals surface area contributed by atoms with Crippen LogP contribution in [0.4, 0.5) is 9.59 Å². The van der Waals surface area contributed by atoms with Gasteiger partial charge in [0.05, 0.1) is 19.7 Å². The SMILES string of the molecule is COc1ccc2c(c1)CN(C(=O)N1CCN(C(=O)OC(C)(C)C)CC1)C1CCCCC1O2. The fourth-order valence-electron chi connectivity index (χ4n) is 4.75. The standard InChI is InChI=1S/C24H35N3O5/c1-24(2,3)32-23(29)26-13-11-25(12-14-26)22(28)27-16-17-15-18(30-4)9-10-20(17)31-21-8-6-5-7-19(21)27/h9-10,15,19,21H,5-8,11-14,16H2,1-4H3. The van der Waals surface area contributed by atoms with Gasteiger partial charge in [-0.1, -0.05) is 6.42 Å². The van der Waals surface area contributed by atoms with Crippen molar-refractivity contribution in [2.24, 2.45) is 0 Å². The summed E-state index contributed by atoms with van der Waals surface area (Å²) in [5, 5.41) is 0. The third-order valence-corrected chi connectivity index (χ3v) is 6.40. The Balaban J connectivity index is 1.48. The van der Waals surface area contributed by atoms with Gasteiger partial charge in [0.15, 0.2) is 0 Å². The first kappa shape index (κ1) is 22.6. The van der Waals surface area contributed by atoms with E-state index in [1.165, 1.54) is 0 Å². The molecule has 1 saturated heterocycles. The van der Waals surface area contributed by atoms with Crippen molar-refractivity contribution in [3.63, 3.8) is 0 Å². The van der Waals surface area contributed by atoms with Crippen molar-refractivity contribution in [3.8, 4) is 11.5 Å². The number of hydrogen-bond donors (Lipinski definition) is 0. The van der Waals surface area contributed by atoms with Crippen LogP contribution in [0.25, 0.3) is 0 Å². The van der Waals surface area contributed by atoms with Crippen LogP contribution in [0.1, 0.15) is 52.0 Å². The summed E-state index contributed by atoms with van der Waals surface area (Å²) in [7, 11) is 1.64. The van der Waals surface area contributed by atoms with Gasteiger partial charge in [0.25, 0.3) is 0 Å². The molecule has 1 aromatic rings. The molecule has 2 heterocycles. The summed E-state index contributed by atoms with van der Waals surface area (Å²) in [5.41, 5.74) is 0.444. The van der Waals surface area contributed by atoms with Crippen molar-refractivity contribution in [1.29, 1.82) is 0 Å². The van der Waals surface area contributed by atoms with Crippen molar-refractivity contribution < 1.29 is 23.8 Å². The molecule has 3 amide bonds. The number of amides is 3. The van der Waals surface area contributed by atoms with E-state index in [1.54, 1.807) is 12.0 Å². The van der Waals surface area contributed by atoms with Crippen LogP contribution in [0, 0.1) is 0 Å². The van der Waals surface area contributed by atoms with Gasteiger partial charge >= 0.3 is 12.1 Å². The minimum absolute atomic E-state index is 0.00500. The molecule has 2 atom stereocenters. The Kier molecular flexibility index (Phi) is 6.40. The van der Waals surface area contributed by atoms with Gasteiger partial charge in [-0.15, -0.1) is 0 Å². The number of ether oxygens (including phenoxy) is 3. The number of rotatable bonds is 1. The number of carbonyl (C=O) groups excluding carboxylic acids is 2. The van der Waals surface area contributed by atoms with E-state index in [1.807, 2.05) is 48.8 Å². The Hall–Kier alpha value is -2.64. The average Bonchev–Trinajstić information content (AvgIpc) is 2.93. The average molecular weight is 446 g/mol. The fraction of sp³-hybridized carbons (Fsp3) is 0.667. The molecule has 8 nitrogen and oxygen atoms in total. The van der Waals surface area contributed by atoms with E-state index in [4.69, 9.17) is 14.2 Å². The van der Waals surface area contributed by atoms with Gasteiger partial charge in [0.1, 0.15) is 23.2 Å². The van der Waals surface area contributed by atoms with Gasteiger partial charge in [0.2, 0.25) is 0 Å². The summed E-state index contributed by atoms with van der Waals surface area (Å²) >= 11 is 0. The van der Waals surface area contributed by atoms with Crippen molar-refractivity contribution >= 4 is 12.1 Å². The normalized spacial score (nSPS) is 23.4. The Bertz CT molecular complexity index is 845. The summed E-state index contributed by atoms with van der Waals surface area (Å²) in [6.07, 6.45) is 3.79. The van der Waals surface area contributed by atoms with Crippen molar-refractivity contribution in [2.45, 2.75) is 70.7 Å². The van der Waals surface area contributed by atoms with Crippen LogP contribution < -0.4 is 9.47 Å². The van der Waals surface area contributed by atoms with Gasteiger partial charge < -0.3 is 28.9 Å². The summed E-state index contributed by atoms with van der Waals surface area (Å²) in [6, 6.07) is 5.90. The minimum atomic E-state index is -0.527. The zero-order chi connectivity index (χ0) is 22.9. The summed E-state index contributed by atoms with van der Waals surface area (Å²) in [5.74, 6) is 1.60. The predicted octanol–water partition coefficient (Wildman–Crippen LogP) is 3.87. The highest BCUT2D eigenvalue weighted by Crippen LogP contribution is 2.36. The van der Waals surface area contributed by atoms with E-state index < -0.39 is 5.60 Å². The van der Waals surface area contributed by atoms with Gasteiger partial charge in [0, 0.05) is 31.7 Å². The quantitative estimate of drug-likeness (QED) is 0.656. The van der Waals surface area contributed by atoms with E-state index >= 15 is 0 Å². The van der Waals surface area contributed by atoms with Crippen LogP contribution in [0.5, 0.6) is 11.5 Å². The molecule has 0 N–H and O–H groups in total. The molecule has 4 rings (SSSR count). The highest BCUT2D eigenvalue weighted by Gasteiger charge is 2.40. The number of piperazine rings is 1. The summed E-state index contributed by atoms with van der Waals surface area (Å²) in [4.78, 5) is 31.6. The van der Waals surface area contributed by atoms with E-state index in [2.05, 4.69) is 0 Å². The number of carbonyl (C=O) groups is 2. The second-order valence-electron chi connectivity index (χ2n) is 9.85. The number of nitrogens with zero attached hydrogens (tertiary/aromatic N) is 3. The molecule has 0 aromatic heterocycles. The van der Waals surface area contributed by atoms with Crippen molar-refractivity contribution in [3.05, 3.63) is 23.8 Å². The van der Waals surface area contributed by atoms with Crippen LogP contribution in [0.15, 0.2) is 18.2 Å². The summed E-state index contributed by atoms with van der Waals surface area (Å²) in [6.45, 7) is 8.03. The molecule has 0 bridgehead atoms. The molecule has 2 unspecified atom stereocenters. The number of fused-ring (bicyclic) bond motifs is 2. The molecule has 8 heteroatoms. The van der Waals surface area contributed by atoms with Gasteiger partial charge in [-0.25, -0.2) is 9.59 Å². The predicted molar refractivity (Wildman–Crippen MR) is 120 cm³/mol. The first-order valence-electron chi connectivity index (χ1n) is 11.6. The second kappa shape index (κ2) is 9.08. The number of methoxy groups -OCH3 is 1. The monoisotopic (exact) mass is 445 g/mol. The molecule has 1 aromatic carbocycles. The largest absolute Gasteiger partial charge is 0.497 e. The van der Waals surface area contributed by atoms with E-state index in [-0.39, 0.29) is 24.3 Å². The van der Waals surface area contributed by atoms with E-state index in [0.29, 0.717) is 32.7 Å².